The second-order valence-corrected chi connectivity index (χ2v) is 7.68. The number of hydrogen-bond donors (Lipinski definition) is 2. The third-order valence-corrected chi connectivity index (χ3v) is 5.40. The first-order chi connectivity index (χ1) is 13.4. The minimum atomic E-state index is -0.299. The molecule has 0 atom stereocenters. The zero-order chi connectivity index (χ0) is 20.1. The lowest BCUT2D eigenvalue weighted by molar-refractivity contribution is -0.116. The molecule has 0 bridgehead atoms. The van der Waals surface area contributed by atoms with Crippen LogP contribution in [0.5, 0.6) is 0 Å². The zero-order valence-corrected chi connectivity index (χ0v) is 16.9. The Bertz CT molecular complexity index is 996. The number of aromatic nitrogens is 2. The van der Waals surface area contributed by atoms with E-state index >= 15 is 0 Å². The van der Waals surface area contributed by atoms with Gasteiger partial charge in [-0.2, -0.15) is 0 Å². The standard InChI is InChI=1S/C21H22N4O2S/c1-13-7-9-16(10-8-13)22-20(27)21-25-24-19(28-21)12-11-18(26)23-17-6-4-5-14(2)15(17)3/h4-10H,11-12H2,1-3H3,(H,22,27)(H,23,26). The van der Waals surface area contributed by atoms with E-state index in [0.29, 0.717) is 17.1 Å². The van der Waals surface area contributed by atoms with Crippen molar-refractivity contribution in [3.05, 3.63) is 69.2 Å². The molecular formula is C21H22N4O2S. The molecule has 3 aromatic rings. The van der Waals surface area contributed by atoms with Crippen molar-refractivity contribution in [3.8, 4) is 0 Å². The highest BCUT2D eigenvalue weighted by atomic mass is 32.1. The summed E-state index contributed by atoms with van der Waals surface area (Å²) in [5, 5.41) is 14.6. The number of rotatable bonds is 6. The van der Waals surface area contributed by atoms with Gasteiger partial charge in [0.25, 0.3) is 5.91 Å². The molecule has 2 amide bonds. The highest BCUT2D eigenvalue weighted by molar-refractivity contribution is 7.13. The number of nitrogens with one attached hydrogen (secondary N) is 2. The summed E-state index contributed by atoms with van der Waals surface area (Å²) in [4.78, 5) is 24.5. The fourth-order valence-electron chi connectivity index (χ4n) is 2.59. The molecule has 2 aromatic carbocycles. The summed E-state index contributed by atoms with van der Waals surface area (Å²) in [5.74, 6) is -0.387. The van der Waals surface area contributed by atoms with E-state index in [-0.39, 0.29) is 23.2 Å². The van der Waals surface area contributed by atoms with E-state index in [1.54, 1.807) is 0 Å². The van der Waals surface area contributed by atoms with Gasteiger partial charge in [-0.25, -0.2) is 0 Å². The van der Waals surface area contributed by atoms with Gasteiger partial charge >= 0.3 is 0 Å². The second kappa shape index (κ2) is 8.75. The van der Waals surface area contributed by atoms with Crippen LogP contribution in [0, 0.1) is 20.8 Å². The predicted octanol–water partition coefficient (Wildman–Crippen LogP) is 4.29. The lowest BCUT2D eigenvalue weighted by Crippen LogP contribution is -2.13. The fraction of sp³-hybridized carbons (Fsp3) is 0.238. The Kier molecular flexibility index (Phi) is 6.16. The summed E-state index contributed by atoms with van der Waals surface area (Å²) in [6.07, 6.45) is 0.716. The molecular weight excluding hydrogens is 372 g/mol. The number of anilines is 2. The van der Waals surface area contributed by atoms with Gasteiger partial charge in [-0.1, -0.05) is 41.2 Å². The van der Waals surface area contributed by atoms with E-state index in [0.717, 1.165) is 22.4 Å². The van der Waals surface area contributed by atoms with Crippen molar-refractivity contribution >= 4 is 34.5 Å². The molecule has 7 heteroatoms. The lowest BCUT2D eigenvalue weighted by atomic mass is 10.1. The topological polar surface area (TPSA) is 84.0 Å². The normalized spacial score (nSPS) is 10.5. The lowest BCUT2D eigenvalue weighted by Gasteiger charge is -2.09. The van der Waals surface area contributed by atoms with E-state index in [1.165, 1.54) is 11.3 Å². The minimum absolute atomic E-state index is 0.0884. The predicted molar refractivity (Wildman–Crippen MR) is 112 cm³/mol. The first kappa shape index (κ1) is 19.7. The van der Waals surface area contributed by atoms with Crippen LogP contribution in [-0.4, -0.2) is 22.0 Å². The summed E-state index contributed by atoms with van der Waals surface area (Å²) in [6.45, 7) is 5.98. The zero-order valence-electron chi connectivity index (χ0n) is 16.1. The molecule has 1 aromatic heterocycles. The number of amides is 2. The van der Waals surface area contributed by atoms with Crippen LogP contribution in [0.15, 0.2) is 42.5 Å². The molecule has 28 heavy (non-hydrogen) atoms. The average molecular weight is 395 g/mol. The Morgan fingerprint density at radius 2 is 1.71 bits per heavy atom. The van der Waals surface area contributed by atoms with Gasteiger partial charge < -0.3 is 10.6 Å². The highest BCUT2D eigenvalue weighted by Crippen LogP contribution is 2.19. The molecule has 1 heterocycles. The molecule has 0 fully saturated rings. The molecule has 0 unspecified atom stereocenters. The maximum absolute atomic E-state index is 12.3. The third kappa shape index (κ3) is 5.01. The van der Waals surface area contributed by atoms with Crippen LogP contribution in [0.4, 0.5) is 11.4 Å². The molecule has 3 rings (SSSR count). The van der Waals surface area contributed by atoms with Gasteiger partial charge in [0.05, 0.1) is 0 Å². The molecule has 0 aliphatic heterocycles. The fourth-order valence-corrected chi connectivity index (χ4v) is 3.32. The molecule has 0 aliphatic carbocycles. The van der Waals surface area contributed by atoms with E-state index in [1.807, 2.05) is 63.2 Å². The monoisotopic (exact) mass is 394 g/mol. The van der Waals surface area contributed by atoms with E-state index in [4.69, 9.17) is 0 Å². The number of nitrogens with zero attached hydrogens (tertiary/aromatic N) is 2. The summed E-state index contributed by atoms with van der Waals surface area (Å²) in [5.41, 5.74) is 4.84. The third-order valence-electron chi connectivity index (χ3n) is 4.42. The van der Waals surface area contributed by atoms with Crippen LogP contribution in [0.2, 0.25) is 0 Å². The molecule has 2 N–H and O–H groups in total. The van der Waals surface area contributed by atoms with Crippen molar-refractivity contribution in [3.63, 3.8) is 0 Å². The number of hydrogen-bond acceptors (Lipinski definition) is 5. The molecule has 0 radical (unpaired) electrons. The van der Waals surface area contributed by atoms with Gasteiger partial charge in [0.15, 0.2) is 0 Å². The van der Waals surface area contributed by atoms with Gasteiger partial charge in [-0.15, -0.1) is 10.2 Å². The van der Waals surface area contributed by atoms with Crippen LogP contribution >= 0.6 is 11.3 Å². The van der Waals surface area contributed by atoms with Crippen LogP contribution in [0.3, 0.4) is 0 Å². The number of benzene rings is 2. The van der Waals surface area contributed by atoms with Crippen molar-refractivity contribution in [2.45, 2.75) is 33.6 Å². The molecule has 0 aliphatic rings. The quantitative estimate of drug-likeness (QED) is 0.653. The van der Waals surface area contributed by atoms with Crippen LogP contribution < -0.4 is 10.6 Å². The Hall–Kier alpha value is -3.06. The van der Waals surface area contributed by atoms with Gasteiger partial charge in [-0.3, -0.25) is 9.59 Å². The second-order valence-electron chi connectivity index (χ2n) is 6.62. The molecule has 0 saturated heterocycles. The summed E-state index contributed by atoms with van der Waals surface area (Å²) >= 11 is 1.20. The summed E-state index contributed by atoms with van der Waals surface area (Å²) in [7, 11) is 0. The molecule has 144 valence electrons. The number of carbonyl (C=O) groups is 2. The Labute approximate surface area is 168 Å². The average Bonchev–Trinajstić information content (AvgIpc) is 3.15. The van der Waals surface area contributed by atoms with Gasteiger partial charge in [0, 0.05) is 24.2 Å². The SMILES string of the molecule is Cc1ccc(NC(=O)c2nnc(CCC(=O)Nc3cccc(C)c3C)s2)cc1. The molecule has 0 saturated carbocycles. The molecule has 6 nitrogen and oxygen atoms in total. The van der Waals surface area contributed by atoms with Crippen molar-refractivity contribution in [2.24, 2.45) is 0 Å². The van der Waals surface area contributed by atoms with Crippen molar-refractivity contribution in [1.82, 2.24) is 10.2 Å². The largest absolute Gasteiger partial charge is 0.326 e. The van der Waals surface area contributed by atoms with E-state index in [2.05, 4.69) is 20.8 Å². The smallest absolute Gasteiger partial charge is 0.286 e. The first-order valence-electron chi connectivity index (χ1n) is 8.99. The van der Waals surface area contributed by atoms with Gasteiger partial charge in [-0.05, 0) is 50.1 Å². The van der Waals surface area contributed by atoms with Crippen LogP contribution in [0.25, 0.3) is 0 Å². The summed E-state index contributed by atoms with van der Waals surface area (Å²) in [6, 6.07) is 13.3. The maximum atomic E-state index is 12.3. The Morgan fingerprint density at radius 1 is 0.964 bits per heavy atom. The van der Waals surface area contributed by atoms with Crippen LogP contribution in [0.1, 0.15) is 37.9 Å². The highest BCUT2D eigenvalue weighted by Gasteiger charge is 2.14. The van der Waals surface area contributed by atoms with Gasteiger partial charge in [0.2, 0.25) is 10.9 Å². The maximum Gasteiger partial charge on any atom is 0.286 e. The van der Waals surface area contributed by atoms with E-state index in [9.17, 15) is 9.59 Å². The Morgan fingerprint density at radius 3 is 2.46 bits per heavy atom. The molecule has 0 spiro atoms. The number of aryl methyl sites for hydroxylation is 3. The Balaban J connectivity index is 1.54. The summed E-state index contributed by atoms with van der Waals surface area (Å²) < 4.78 is 0. The van der Waals surface area contributed by atoms with E-state index < -0.39 is 0 Å². The minimum Gasteiger partial charge on any atom is -0.326 e. The van der Waals surface area contributed by atoms with Gasteiger partial charge in [0.1, 0.15) is 5.01 Å². The first-order valence-corrected chi connectivity index (χ1v) is 9.80. The van der Waals surface area contributed by atoms with Crippen LogP contribution in [-0.2, 0) is 11.2 Å². The number of carbonyl (C=O) groups excluding carboxylic acids is 2. The van der Waals surface area contributed by atoms with Crippen molar-refractivity contribution < 1.29 is 9.59 Å². The van der Waals surface area contributed by atoms with Crippen molar-refractivity contribution in [2.75, 3.05) is 10.6 Å². The van der Waals surface area contributed by atoms with Crippen molar-refractivity contribution in [1.29, 1.82) is 0 Å².